The monoisotopic (exact) mass is 346 g/mol. The number of nitrogens with zero attached hydrogens (tertiary/aromatic N) is 1. The molecule has 1 aromatic heterocycles. The molecule has 0 radical (unpaired) electrons. The lowest BCUT2D eigenvalue weighted by molar-refractivity contribution is 0.433. The maximum absolute atomic E-state index is 14.3. The maximum atomic E-state index is 14.3. The molecular weight excluding hydrogens is 335 g/mol. The van der Waals surface area contributed by atoms with Crippen molar-refractivity contribution in [3.63, 3.8) is 0 Å². The molecule has 0 fully saturated rings. The Morgan fingerprint density at radius 1 is 1.10 bits per heavy atom. The van der Waals surface area contributed by atoms with Crippen LogP contribution in [0.3, 0.4) is 0 Å². The van der Waals surface area contributed by atoms with Crippen molar-refractivity contribution in [3.05, 3.63) is 58.3 Å². The van der Waals surface area contributed by atoms with Crippen molar-refractivity contribution in [1.29, 1.82) is 0 Å². The molecule has 1 heterocycles. The molecule has 0 saturated carbocycles. The van der Waals surface area contributed by atoms with Gasteiger partial charge < -0.3 is 10.3 Å². The highest BCUT2D eigenvalue weighted by atomic mass is 79.9. The van der Waals surface area contributed by atoms with E-state index in [1.54, 1.807) is 18.2 Å². The molecule has 0 unspecified atom stereocenters. The minimum absolute atomic E-state index is 0.249. The van der Waals surface area contributed by atoms with Gasteiger partial charge >= 0.3 is 0 Å². The molecule has 0 bridgehead atoms. The Balaban J connectivity index is 2.28. The van der Waals surface area contributed by atoms with E-state index in [0.29, 0.717) is 21.4 Å². The minimum atomic E-state index is -0.400. The molecule has 2 N–H and O–H groups in total. The molecule has 0 aliphatic heterocycles. The van der Waals surface area contributed by atoms with Crippen molar-refractivity contribution in [3.8, 4) is 22.5 Å². The minimum Gasteiger partial charge on any atom is -0.380 e. The molecule has 0 atom stereocenters. The Kier molecular flexibility index (Phi) is 3.51. The van der Waals surface area contributed by atoms with Gasteiger partial charge in [0.25, 0.3) is 0 Å². The molecule has 0 amide bonds. The van der Waals surface area contributed by atoms with Crippen molar-refractivity contribution < 1.29 is 8.91 Å². The first-order valence-corrected chi connectivity index (χ1v) is 7.14. The van der Waals surface area contributed by atoms with Crippen LogP contribution >= 0.6 is 15.9 Å². The van der Waals surface area contributed by atoms with Crippen LogP contribution in [0.1, 0.15) is 5.56 Å². The van der Waals surface area contributed by atoms with Gasteiger partial charge in [0.15, 0.2) is 11.6 Å². The Labute approximate surface area is 129 Å². The number of halogens is 2. The second-order valence-electron chi connectivity index (χ2n) is 4.69. The van der Waals surface area contributed by atoms with Gasteiger partial charge in [-0.1, -0.05) is 35.5 Å². The number of anilines is 1. The molecule has 0 aliphatic carbocycles. The highest BCUT2D eigenvalue weighted by Gasteiger charge is 2.22. The fourth-order valence-electron chi connectivity index (χ4n) is 2.28. The van der Waals surface area contributed by atoms with Crippen molar-refractivity contribution in [2.24, 2.45) is 0 Å². The first-order valence-electron chi connectivity index (χ1n) is 6.35. The zero-order chi connectivity index (χ0) is 15.0. The summed E-state index contributed by atoms with van der Waals surface area (Å²) in [6.45, 7) is 1.96. The quantitative estimate of drug-likeness (QED) is 0.724. The van der Waals surface area contributed by atoms with Crippen LogP contribution in [0, 0.1) is 12.7 Å². The van der Waals surface area contributed by atoms with Gasteiger partial charge in [0.2, 0.25) is 0 Å². The van der Waals surface area contributed by atoms with Crippen LogP contribution in [0.5, 0.6) is 0 Å². The standard InChI is InChI=1S/C16H12BrFN2O/c1-9-5-2-3-6-10(9)13-15(21-20-16(13)19)11-7-4-8-12(17)14(11)18/h2-8H,1H3,(H2,19,20). The van der Waals surface area contributed by atoms with E-state index in [1.807, 2.05) is 31.2 Å². The predicted octanol–water partition coefficient (Wildman–Crippen LogP) is 4.80. The smallest absolute Gasteiger partial charge is 0.179 e. The third kappa shape index (κ3) is 2.34. The van der Waals surface area contributed by atoms with E-state index in [4.69, 9.17) is 10.3 Å². The van der Waals surface area contributed by atoms with E-state index in [9.17, 15) is 4.39 Å². The number of rotatable bonds is 2. The summed E-state index contributed by atoms with van der Waals surface area (Å²) in [6, 6.07) is 12.7. The van der Waals surface area contributed by atoms with E-state index in [1.165, 1.54) is 0 Å². The normalized spacial score (nSPS) is 10.8. The number of nitrogens with two attached hydrogens (primary N) is 1. The number of aryl methyl sites for hydroxylation is 1. The molecule has 0 spiro atoms. The molecule has 21 heavy (non-hydrogen) atoms. The number of aromatic nitrogens is 1. The van der Waals surface area contributed by atoms with Gasteiger partial charge in [-0.2, -0.15) is 0 Å². The number of nitrogen functional groups attached to an aromatic ring is 1. The van der Waals surface area contributed by atoms with Gasteiger partial charge in [-0.05, 0) is 46.1 Å². The van der Waals surface area contributed by atoms with Crippen LogP contribution in [0.4, 0.5) is 10.2 Å². The van der Waals surface area contributed by atoms with Gasteiger partial charge in [-0.3, -0.25) is 0 Å². The highest BCUT2D eigenvalue weighted by molar-refractivity contribution is 9.10. The number of hydrogen-bond donors (Lipinski definition) is 1. The third-order valence-corrected chi connectivity index (χ3v) is 3.94. The second-order valence-corrected chi connectivity index (χ2v) is 5.54. The zero-order valence-electron chi connectivity index (χ0n) is 11.2. The van der Waals surface area contributed by atoms with E-state index in [-0.39, 0.29) is 5.82 Å². The largest absolute Gasteiger partial charge is 0.380 e. The second kappa shape index (κ2) is 5.33. The fourth-order valence-corrected chi connectivity index (χ4v) is 2.65. The fraction of sp³-hybridized carbons (Fsp3) is 0.0625. The third-order valence-electron chi connectivity index (χ3n) is 3.33. The Hall–Kier alpha value is -2.14. The van der Waals surface area contributed by atoms with Crippen LogP contribution < -0.4 is 5.73 Å². The summed E-state index contributed by atoms with van der Waals surface area (Å²) in [5.74, 6) is 0.183. The van der Waals surface area contributed by atoms with Gasteiger partial charge in [0.05, 0.1) is 15.6 Å². The van der Waals surface area contributed by atoms with Gasteiger partial charge in [-0.15, -0.1) is 0 Å². The number of benzene rings is 2. The summed E-state index contributed by atoms with van der Waals surface area (Å²) in [5.41, 5.74) is 8.77. The predicted molar refractivity (Wildman–Crippen MR) is 84.2 cm³/mol. The average Bonchev–Trinajstić information content (AvgIpc) is 2.84. The lowest BCUT2D eigenvalue weighted by Gasteiger charge is -2.07. The molecular formula is C16H12BrFN2O. The van der Waals surface area contributed by atoms with E-state index in [2.05, 4.69) is 21.1 Å². The molecule has 0 saturated heterocycles. The summed E-state index contributed by atoms with van der Waals surface area (Å²) in [4.78, 5) is 0. The average molecular weight is 347 g/mol. The van der Waals surface area contributed by atoms with E-state index < -0.39 is 5.82 Å². The summed E-state index contributed by atoms with van der Waals surface area (Å²) in [7, 11) is 0. The van der Waals surface area contributed by atoms with Crippen LogP contribution in [0.15, 0.2) is 51.5 Å². The van der Waals surface area contributed by atoms with Crippen LogP contribution in [0.25, 0.3) is 22.5 Å². The summed E-state index contributed by atoms with van der Waals surface area (Å²) >= 11 is 3.18. The molecule has 5 heteroatoms. The maximum Gasteiger partial charge on any atom is 0.179 e. The lowest BCUT2D eigenvalue weighted by Crippen LogP contribution is -1.92. The van der Waals surface area contributed by atoms with Gasteiger partial charge in [0, 0.05) is 0 Å². The summed E-state index contributed by atoms with van der Waals surface area (Å²) in [5, 5.41) is 3.80. The van der Waals surface area contributed by atoms with Gasteiger partial charge in [0.1, 0.15) is 5.82 Å². The Morgan fingerprint density at radius 2 is 1.81 bits per heavy atom. The van der Waals surface area contributed by atoms with Crippen molar-refractivity contribution in [1.82, 2.24) is 5.16 Å². The first kappa shape index (κ1) is 13.8. The summed E-state index contributed by atoms with van der Waals surface area (Å²) < 4.78 is 20.0. The molecule has 2 aromatic carbocycles. The van der Waals surface area contributed by atoms with E-state index in [0.717, 1.165) is 11.1 Å². The first-order chi connectivity index (χ1) is 10.1. The highest BCUT2D eigenvalue weighted by Crippen LogP contribution is 2.39. The molecule has 3 aromatic rings. The zero-order valence-corrected chi connectivity index (χ0v) is 12.8. The van der Waals surface area contributed by atoms with E-state index >= 15 is 0 Å². The molecule has 3 rings (SSSR count). The molecule has 106 valence electrons. The number of hydrogen-bond acceptors (Lipinski definition) is 3. The van der Waals surface area contributed by atoms with Crippen molar-refractivity contribution >= 4 is 21.7 Å². The van der Waals surface area contributed by atoms with Crippen LogP contribution in [-0.2, 0) is 0 Å². The molecule has 3 nitrogen and oxygen atoms in total. The van der Waals surface area contributed by atoms with Crippen molar-refractivity contribution in [2.75, 3.05) is 5.73 Å². The van der Waals surface area contributed by atoms with Crippen molar-refractivity contribution in [2.45, 2.75) is 6.92 Å². The van der Waals surface area contributed by atoms with Crippen LogP contribution in [-0.4, -0.2) is 5.16 Å². The molecule has 0 aliphatic rings. The lowest BCUT2D eigenvalue weighted by atomic mass is 9.97. The van der Waals surface area contributed by atoms with Crippen LogP contribution in [0.2, 0.25) is 0 Å². The Morgan fingerprint density at radius 3 is 2.57 bits per heavy atom. The SMILES string of the molecule is Cc1ccccc1-c1c(N)noc1-c1cccc(Br)c1F. The van der Waals surface area contributed by atoms with Gasteiger partial charge in [-0.25, -0.2) is 4.39 Å². The summed E-state index contributed by atoms with van der Waals surface area (Å²) in [6.07, 6.45) is 0. The topological polar surface area (TPSA) is 52.0 Å². The Bertz CT molecular complexity index is 814.